The molecule has 4 heteroatoms. The Bertz CT molecular complexity index is 745. The van der Waals surface area contributed by atoms with E-state index in [4.69, 9.17) is 10.7 Å². The van der Waals surface area contributed by atoms with Crippen molar-refractivity contribution in [1.29, 1.82) is 0 Å². The highest BCUT2D eigenvalue weighted by Crippen LogP contribution is 2.27. The average Bonchev–Trinajstić information content (AvgIpc) is 3.00. The number of aromatic nitrogens is 2. The Labute approximate surface area is 129 Å². The van der Waals surface area contributed by atoms with Crippen molar-refractivity contribution in [3.8, 4) is 11.3 Å². The van der Waals surface area contributed by atoms with Crippen LogP contribution in [-0.2, 0) is 11.8 Å². The van der Waals surface area contributed by atoms with Gasteiger partial charge < -0.3 is 5.73 Å². The molecule has 0 fully saturated rings. The Kier molecular flexibility index (Phi) is 3.59. The van der Waals surface area contributed by atoms with E-state index >= 15 is 0 Å². The van der Waals surface area contributed by atoms with Crippen molar-refractivity contribution in [3.63, 3.8) is 0 Å². The van der Waals surface area contributed by atoms with E-state index in [0.717, 1.165) is 22.6 Å². The van der Waals surface area contributed by atoms with Crippen LogP contribution in [0.15, 0.2) is 35.8 Å². The lowest BCUT2D eigenvalue weighted by molar-refractivity contribution is 0.590. The van der Waals surface area contributed by atoms with Gasteiger partial charge in [-0.1, -0.05) is 45.0 Å². The van der Waals surface area contributed by atoms with Crippen LogP contribution in [0.5, 0.6) is 0 Å². The highest BCUT2D eigenvalue weighted by atomic mass is 32.1. The second-order valence-corrected chi connectivity index (χ2v) is 7.21. The number of hydrogen-bond acceptors (Lipinski definition) is 3. The van der Waals surface area contributed by atoms with Gasteiger partial charge in [0, 0.05) is 29.3 Å². The molecule has 0 unspecified atom stereocenters. The van der Waals surface area contributed by atoms with E-state index in [1.54, 1.807) is 11.3 Å². The standard InChI is InChI=1S/C17H21N3S/c1-17(2,3)13-6-4-12(5-7-13)15-10-20-14(8-9-18)11-21-16(20)19-15/h4-7,10-11H,8-9,18H2,1-3H3. The third kappa shape index (κ3) is 2.74. The van der Waals surface area contributed by atoms with Gasteiger partial charge in [0.2, 0.25) is 0 Å². The summed E-state index contributed by atoms with van der Waals surface area (Å²) in [7, 11) is 0. The Hall–Kier alpha value is -1.65. The van der Waals surface area contributed by atoms with E-state index in [-0.39, 0.29) is 5.41 Å². The molecule has 0 atom stereocenters. The zero-order valence-electron chi connectivity index (χ0n) is 12.8. The minimum absolute atomic E-state index is 0.182. The number of nitrogens with zero attached hydrogens (tertiary/aromatic N) is 2. The van der Waals surface area contributed by atoms with Crippen molar-refractivity contribution in [2.24, 2.45) is 5.73 Å². The van der Waals surface area contributed by atoms with Gasteiger partial charge in [0.05, 0.1) is 5.69 Å². The quantitative estimate of drug-likeness (QED) is 0.798. The number of thiazole rings is 1. The fourth-order valence-electron chi connectivity index (χ4n) is 2.44. The second kappa shape index (κ2) is 5.28. The first kappa shape index (κ1) is 14.3. The van der Waals surface area contributed by atoms with Gasteiger partial charge >= 0.3 is 0 Å². The zero-order chi connectivity index (χ0) is 15.0. The number of imidazole rings is 1. The van der Waals surface area contributed by atoms with E-state index < -0.39 is 0 Å². The van der Waals surface area contributed by atoms with E-state index in [1.807, 2.05) is 0 Å². The molecule has 2 N–H and O–H groups in total. The molecule has 2 aromatic heterocycles. The Morgan fingerprint density at radius 3 is 2.52 bits per heavy atom. The van der Waals surface area contributed by atoms with Crippen molar-refractivity contribution < 1.29 is 0 Å². The van der Waals surface area contributed by atoms with Gasteiger partial charge in [0.25, 0.3) is 0 Å². The van der Waals surface area contributed by atoms with Gasteiger partial charge in [-0.3, -0.25) is 4.40 Å². The average molecular weight is 299 g/mol. The Morgan fingerprint density at radius 1 is 1.19 bits per heavy atom. The molecule has 0 bridgehead atoms. The van der Waals surface area contributed by atoms with E-state index in [0.29, 0.717) is 6.54 Å². The van der Waals surface area contributed by atoms with Crippen molar-refractivity contribution in [1.82, 2.24) is 9.38 Å². The molecule has 110 valence electrons. The summed E-state index contributed by atoms with van der Waals surface area (Å²) in [4.78, 5) is 5.75. The van der Waals surface area contributed by atoms with Gasteiger partial charge in [0.1, 0.15) is 0 Å². The Balaban J connectivity index is 1.96. The van der Waals surface area contributed by atoms with Crippen LogP contribution in [-0.4, -0.2) is 15.9 Å². The third-order valence-electron chi connectivity index (χ3n) is 3.73. The number of hydrogen-bond donors (Lipinski definition) is 1. The summed E-state index contributed by atoms with van der Waals surface area (Å²) in [6.45, 7) is 7.36. The molecule has 3 nitrogen and oxygen atoms in total. The Morgan fingerprint density at radius 2 is 1.90 bits per heavy atom. The van der Waals surface area contributed by atoms with Gasteiger partial charge in [-0.15, -0.1) is 11.3 Å². The number of rotatable bonds is 3. The summed E-state index contributed by atoms with van der Waals surface area (Å²) in [5.74, 6) is 0. The zero-order valence-corrected chi connectivity index (χ0v) is 13.6. The van der Waals surface area contributed by atoms with Crippen LogP contribution < -0.4 is 5.73 Å². The number of nitrogens with two attached hydrogens (primary N) is 1. The van der Waals surface area contributed by atoms with Gasteiger partial charge in [-0.05, 0) is 17.5 Å². The van der Waals surface area contributed by atoms with Crippen LogP contribution in [0.3, 0.4) is 0 Å². The lowest BCUT2D eigenvalue weighted by Crippen LogP contribution is -2.10. The monoisotopic (exact) mass is 299 g/mol. The maximum atomic E-state index is 5.66. The molecule has 2 heterocycles. The predicted octanol–water partition coefficient (Wildman–Crippen LogP) is 3.86. The first-order valence-corrected chi connectivity index (χ1v) is 8.13. The molecule has 1 aromatic carbocycles. The lowest BCUT2D eigenvalue weighted by Gasteiger charge is -2.18. The number of benzene rings is 1. The van der Waals surface area contributed by atoms with Crippen LogP contribution in [0.2, 0.25) is 0 Å². The highest BCUT2D eigenvalue weighted by Gasteiger charge is 2.14. The summed E-state index contributed by atoms with van der Waals surface area (Å²) in [5.41, 5.74) is 10.6. The fourth-order valence-corrected chi connectivity index (χ4v) is 3.34. The predicted molar refractivity (Wildman–Crippen MR) is 90.0 cm³/mol. The largest absolute Gasteiger partial charge is 0.330 e. The SMILES string of the molecule is CC(C)(C)c1ccc(-c2cn3c(CCN)csc3n2)cc1. The molecular formula is C17H21N3S. The van der Waals surface area contributed by atoms with Gasteiger partial charge in [-0.25, -0.2) is 4.98 Å². The molecule has 0 radical (unpaired) electrons. The smallest absolute Gasteiger partial charge is 0.194 e. The minimum Gasteiger partial charge on any atom is -0.330 e. The van der Waals surface area contributed by atoms with Gasteiger partial charge in [0.15, 0.2) is 4.96 Å². The summed E-state index contributed by atoms with van der Waals surface area (Å²) in [5, 5.41) is 2.14. The third-order valence-corrected chi connectivity index (χ3v) is 4.62. The lowest BCUT2D eigenvalue weighted by atomic mass is 9.86. The molecule has 0 amide bonds. The first-order chi connectivity index (χ1) is 9.99. The van der Waals surface area contributed by atoms with Gasteiger partial charge in [-0.2, -0.15) is 0 Å². The summed E-state index contributed by atoms with van der Waals surface area (Å²) >= 11 is 1.67. The van der Waals surface area contributed by atoms with Crippen LogP contribution in [0.25, 0.3) is 16.2 Å². The molecule has 0 saturated carbocycles. The molecule has 0 spiro atoms. The van der Waals surface area contributed by atoms with Crippen LogP contribution in [0.4, 0.5) is 0 Å². The summed E-state index contributed by atoms with van der Waals surface area (Å²) in [6.07, 6.45) is 3.00. The van der Waals surface area contributed by atoms with Crippen molar-refractivity contribution in [2.45, 2.75) is 32.6 Å². The van der Waals surface area contributed by atoms with Crippen LogP contribution in [0, 0.1) is 0 Å². The van der Waals surface area contributed by atoms with E-state index in [9.17, 15) is 0 Å². The normalized spacial score (nSPS) is 12.2. The molecule has 3 rings (SSSR count). The maximum Gasteiger partial charge on any atom is 0.194 e. The number of fused-ring (bicyclic) bond motifs is 1. The van der Waals surface area contributed by atoms with Crippen molar-refractivity contribution >= 4 is 16.3 Å². The van der Waals surface area contributed by atoms with E-state index in [1.165, 1.54) is 11.3 Å². The fraction of sp³-hybridized carbons (Fsp3) is 0.353. The molecule has 0 aliphatic rings. The second-order valence-electron chi connectivity index (χ2n) is 6.37. The highest BCUT2D eigenvalue weighted by molar-refractivity contribution is 7.15. The summed E-state index contributed by atoms with van der Waals surface area (Å²) < 4.78 is 2.16. The van der Waals surface area contributed by atoms with Crippen LogP contribution in [0.1, 0.15) is 32.0 Å². The molecule has 0 saturated heterocycles. The van der Waals surface area contributed by atoms with Crippen molar-refractivity contribution in [2.75, 3.05) is 6.54 Å². The maximum absolute atomic E-state index is 5.66. The summed E-state index contributed by atoms with van der Waals surface area (Å²) in [6, 6.07) is 8.72. The van der Waals surface area contributed by atoms with E-state index in [2.05, 4.69) is 61.0 Å². The minimum atomic E-state index is 0.182. The topological polar surface area (TPSA) is 43.3 Å². The molecular weight excluding hydrogens is 278 g/mol. The molecule has 21 heavy (non-hydrogen) atoms. The molecule has 3 aromatic rings. The molecule has 0 aliphatic carbocycles. The van der Waals surface area contributed by atoms with Crippen LogP contribution >= 0.6 is 11.3 Å². The first-order valence-electron chi connectivity index (χ1n) is 7.25. The molecule has 0 aliphatic heterocycles. The van der Waals surface area contributed by atoms with Crippen molar-refractivity contribution in [3.05, 3.63) is 47.1 Å².